The van der Waals surface area contributed by atoms with Gasteiger partial charge in [-0.2, -0.15) is 11.8 Å². The minimum Gasteiger partial charge on any atom is -0.469 e. The Labute approximate surface area is 137 Å². The average Bonchev–Trinajstić information content (AvgIpc) is 3.15. The number of thioether (sulfide) groups is 1. The topological polar surface area (TPSA) is 49.6 Å². The predicted octanol–water partition coefficient (Wildman–Crippen LogP) is 3.22. The van der Waals surface area contributed by atoms with Crippen molar-refractivity contribution >= 4 is 17.7 Å². The van der Waals surface area contributed by atoms with Gasteiger partial charge in [-0.25, -0.2) is 4.99 Å². The van der Waals surface area contributed by atoms with Gasteiger partial charge in [-0.05, 0) is 44.6 Å². The van der Waals surface area contributed by atoms with Crippen LogP contribution in [0.5, 0.6) is 0 Å². The summed E-state index contributed by atoms with van der Waals surface area (Å²) in [6.45, 7) is 7.40. The van der Waals surface area contributed by atoms with E-state index in [2.05, 4.69) is 28.5 Å². The zero-order chi connectivity index (χ0) is 15.8. The SMILES string of the molecule is C=C(C)CN=C(NCCc1ccco1)NC1CCC(SC)C1. The van der Waals surface area contributed by atoms with Gasteiger partial charge in [-0.1, -0.05) is 12.2 Å². The van der Waals surface area contributed by atoms with Crippen molar-refractivity contribution in [1.29, 1.82) is 0 Å². The fraction of sp³-hybridized carbons (Fsp3) is 0.588. The maximum atomic E-state index is 5.36. The van der Waals surface area contributed by atoms with Crippen molar-refractivity contribution in [3.05, 3.63) is 36.3 Å². The van der Waals surface area contributed by atoms with Crippen molar-refractivity contribution in [2.75, 3.05) is 19.3 Å². The van der Waals surface area contributed by atoms with E-state index < -0.39 is 0 Å². The van der Waals surface area contributed by atoms with E-state index in [-0.39, 0.29) is 0 Å². The van der Waals surface area contributed by atoms with E-state index >= 15 is 0 Å². The minimum absolute atomic E-state index is 0.525. The molecule has 0 aliphatic heterocycles. The Bertz CT molecular complexity index is 484. The molecule has 2 unspecified atom stereocenters. The molecule has 5 heteroatoms. The molecule has 0 aromatic carbocycles. The van der Waals surface area contributed by atoms with Gasteiger partial charge in [0.15, 0.2) is 5.96 Å². The molecule has 0 spiro atoms. The molecule has 2 N–H and O–H groups in total. The summed E-state index contributed by atoms with van der Waals surface area (Å²) >= 11 is 1.97. The molecule has 0 radical (unpaired) electrons. The van der Waals surface area contributed by atoms with Gasteiger partial charge in [-0.3, -0.25) is 0 Å². The molecule has 2 atom stereocenters. The molecule has 1 aromatic heterocycles. The lowest BCUT2D eigenvalue weighted by atomic mass is 10.2. The molecular formula is C17H27N3OS. The second kappa shape index (κ2) is 8.93. The number of nitrogens with zero attached hydrogens (tertiary/aromatic N) is 1. The Balaban J connectivity index is 1.82. The third-order valence-corrected chi connectivity index (χ3v) is 4.90. The summed E-state index contributed by atoms with van der Waals surface area (Å²) in [5, 5.41) is 7.75. The van der Waals surface area contributed by atoms with Crippen LogP contribution in [-0.4, -0.2) is 36.6 Å². The van der Waals surface area contributed by atoms with Gasteiger partial charge in [0.25, 0.3) is 0 Å². The maximum absolute atomic E-state index is 5.36. The monoisotopic (exact) mass is 321 g/mol. The molecule has 0 bridgehead atoms. The molecule has 1 fully saturated rings. The summed E-state index contributed by atoms with van der Waals surface area (Å²) in [6, 6.07) is 4.45. The molecule has 1 heterocycles. The van der Waals surface area contributed by atoms with E-state index in [1.165, 1.54) is 19.3 Å². The van der Waals surface area contributed by atoms with Crippen molar-refractivity contribution in [1.82, 2.24) is 10.6 Å². The van der Waals surface area contributed by atoms with Crippen molar-refractivity contribution < 1.29 is 4.42 Å². The zero-order valence-electron chi connectivity index (χ0n) is 13.6. The van der Waals surface area contributed by atoms with Crippen molar-refractivity contribution in [2.24, 2.45) is 4.99 Å². The van der Waals surface area contributed by atoms with Gasteiger partial charge in [0.2, 0.25) is 0 Å². The van der Waals surface area contributed by atoms with Crippen LogP contribution in [0.3, 0.4) is 0 Å². The van der Waals surface area contributed by atoms with Crippen LogP contribution in [0.25, 0.3) is 0 Å². The second-order valence-electron chi connectivity index (χ2n) is 5.89. The summed E-state index contributed by atoms with van der Waals surface area (Å²) in [5.41, 5.74) is 1.07. The van der Waals surface area contributed by atoms with Gasteiger partial charge >= 0.3 is 0 Å². The van der Waals surface area contributed by atoms with Crippen molar-refractivity contribution in [2.45, 2.75) is 43.9 Å². The van der Waals surface area contributed by atoms with Crippen LogP contribution < -0.4 is 10.6 Å². The Morgan fingerprint density at radius 1 is 1.50 bits per heavy atom. The van der Waals surface area contributed by atoms with Crippen LogP contribution in [0, 0.1) is 0 Å². The lowest BCUT2D eigenvalue weighted by molar-refractivity contribution is 0.506. The van der Waals surface area contributed by atoms with Gasteiger partial charge in [0.1, 0.15) is 5.76 Å². The normalized spacial score (nSPS) is 21.8. The van der Waals surface area contributed by atoms with Crippen molar-refractivity contribution in [3.63, 3.8) is 0 Å². The smallest absolute Gasteiger partial charge is 0.191 e. The molecule has 1 aromatic rings. The first-order valence-electron chi connectivity index (χ1n) is 7.91. The number of furan rings is 1. The van der Waals surface area contributed by atoms with Crippen LogP contribution in [0.4, 0.5) is 0 Å². The lowest BCUT2D eigenvalue weighted by Crippen LogP contribution is -2.43. The highest BCUT2D eigenvalue weighted by Crippen LogP contribution is 2.27. The second-order valence-corrected chi connectivity index (χ2v) is 7.03. The summed E-state index contributed by atoms with van der Waals surface area (Å²) in [7, 11) is 0. The first-order valence-corrected chi connectivity index (χ1v) is 9.20. The highest BCUT2D eigenvalue weighted by atomic mass is 32.2. The quantitative estimate of drug-likeness (QED) is 0.460. The molecule has 0 amide bonds. The summed E-state index contributed by atoms with van der Waals surface area (Å²) in [5.74, 6) is 1.89. The van der Waals surface area contributed by atoms with Crippen molar-refractivity contribution in [3.8, 4) is 0 Å². The molecule has 1 aliphatic rings. The minimum atomic E-state index is 0.525. The van der Waals surface area contributed by atoms with Crippen LogP contribution in [0.2, 0.25) is 0 Å². The van der Waals surface area contributed by atoms with Gasteiger partial charge in [-0.15, -0.1) is 0 Å². The third-order valence-electron chi connectivity index (χ3n) is 3.81. The number of rotatable bonds is 7. The van der Waals surface area contributed by atoms with Gasteiger partial charge < -0.3 is 15.1 Å². The number of hydrogen-bond acceptors (Lipinski definition) is 3. The number of guanidine groups is 1. The van der Waals surface area contributed by atoms with Crippen LogP contribution in [0.1, 0.15) is 31.9 Å². The van der Waals surface area contributed by atoms with Crippen LogP contribution >= 0.6 is 11.8 Å². The van der Waals surface area contributed by atoms with Crippen LogP contribution in [0.15, 0.2) is 40.0 Å². The van der Waals surface area contributed by atoms with Gasteiger partial charge in [0, 0.05) is 24.3 Å². The van der Waals surface area contributed by atoms with Crippen LogP contribution in [-0.2, 0) is 6.42 Å². The summed E-state index contributed by atoms with van der Waals surface area (Å²) in [6.07, 6.45) is 8.50. The lowest BCUT2D eigenvalue weighted by Gasteiger charge is -2.17. The molecule has 1 saturated carbocycles. The highest BCUT2D eigenvalue weighted by Gasteiger charge is 2.24. The molecule has 4 nitrogen and oxygen atoms in total. The fourth-order valence-corrected chi connectivity index (χ4v) is 3.40. The van der Waals surface area contributed by atoms with E-state index in [0.717, 1.165) is 35.5 Å². The van der Waals surface area contributed by atoms with E-state index in [1.807, 2.05) is 30.8 Å². The molecular weight excluding hydrogens is 294 g/mol. The Kier molecular flexibility index (Phi) is 6.90. The highest BCUT2D eigenvalue weighted by molar-refractivity contribution is 7.99. The number of hydrogen-bond donors (Lipinski definition) is 2. The Morgan fingerprint density at radius 2 is 2.36 bits per heavy atom. The molecule has 22 heavy (non-hydrogen) atoms. The van der Waals surface area contributed by atoms with E-state index in [0.29, 0.717) is 12.6 Å². The predicted molar refractivity (Wildman–Crippen MR) is 95.6 cm³/mol. The first kappa shape index (κ1) is 17.0. The number of aliphatic imine (C=N–C) groups is 1. The van der Waals surface area contributed by atoms with E-state index in [4.69, 9.17) is 4.42 Å². The fourth-order valence-electron chi connectivity index (χ4n) is 2.60. The molecule has 0 saturated heterocycles. The number of nitrogens with one attached hydrogen (secondary N) is 2. The largest absolute Gasteiger partial charge is 0.469 e. The molecule has 1 aliphatic carbocycles. The Hall–Kier alpha value is -1.36. The average molecular weight is 321 g/mol. The third kappa shape index (κ3) is 5.79. The zero-order valence-corrected chi connectivity index (χ0v) is 14.4. The van der Waals surface area contributed by atoms with E-state index in [1.54, 1.807) is 6.26 Å². The Morgan fingerprint density at radius 3 is 3.00 bits per heavy atom. The van der Waals surface area contributed by atoms with E-state index in [9.17, 15) is 0 Å². The van der Waals surface area contributed by atoms with Gasteiger partial charge in [0.05, 0.1) is 12.8 Å². The summed E-state index contributed by atoms with van der Waals surface area (Å²) < 4.78 is 5.36. The molecule has 122 valence electrons. The standard InChI is InChI=1S/C17H27N3OS/c1-13(2)12-19-17(18-9-8-15-5-4-10-21-15)20-14-6-7-16(11-14)22-3/h4-5,10,14,16H,1,6-9,11-12H2,2-3H3,(H2,18,19,20). The summed E-state index contributed by atoms with van der Waals surface area (Å²) in [4.78, 5) is 4.61. The first-order chi connectivity index (χ1) is 10.7. The maximum Gasteiger partial charge on any atom is 0.191 e. The molecule has 2 rings (SSSR count).